The highest BCUT2D eigenvalue weighted by atomic mass is 32.2. The summed E-state index contributed by atoms with van der Waals surface area (Å²) in [5, 5.41) is 0. The summed E-state index contributed by atoms with van der Waals surface area (Å²) in [6, 6.07) is 0. The molecule has 1 fully saturated rings. The summed E-state index contributed by atoms with van der Waals surface area (Å²) < 4.78 is 92.6. The minimum Gasteiger partial charge on any atom is -0.373 e. The van der Waals surface area contributed by atoms with Gasteiger partial charge in [0.1, 0.15) is 0 Å². The predicted molar refractivity (Wildman–Crippen MR) is 63.3 cm³/mol. The third kappa shape index (κ3) is 12.6. The van der Waals surface area contributed by atoms with Crippen molar-refractivity contribution in [3.8, 4) is 0 Å². The number of carbonyl (C=O) groups is 1. The molecular weight excluding hydrogens is 346 g/mol. The summed E-state index contributed by atoms with van der Waals surface area (Å²) in [5.41, 5.74) is -5.96. The first-order valence-corrected chi connectivity index (χ1v) is 7.07. The lowest BCUT2D eigenvalue weighted by Gasteiger charge is -2.10. The van der Waals surface area contributed by atoms with Crippen LogP contribution in [0.1, 0.15) is 6.92 Å². The summed E-state index contributed by atoms with van der Waals surface area (Å²) in [7, 11) is -0.0497. The summed E-state index contributed by atoms with van der Waals surface area (Å²) in [5.74, 6) is -3.20. The lowest BCUT2D eigenvalue weighted by atomic mass is 10.6. The predicted octanol–water partition coefficient (Wildman–Crippen LogP) is -0.320. The molecule has 6 nitrogen and oxygen atoms in total. The molecule has 0 spiro atoms. The molecule has 22 heavy (non-hydrogen) atoms. The van der Waals surface area contributed by atoms with Gasteiger partial charge in [0, 0.05) is 0 Å². The van der Waals surface area contributed by atoms with Crippen LogP contribution in [0.2, 0.25) is 0 Å². The normalized spacial score (nSPS) is 17.7. The quantitative estimate of drug-likeness (QED) is 0.494. The molecule has 1 unspecified atom stereocenters. The molecule has 1 rings (SSSR count). The minimum atomic E-state index is -6.30. The van der Waals surface area contributed by atoms with Crippen molar-refractivity contribution in [2.75, 3.05) is 27.7 Å². The molecule has 1 atom stereocenters. The van der Waals surface area contributed by atoms with Crippen molar-refractivity contribution < 1.29 is 49.2 Å². The summed E-state index contributed by atoms with van der Waals surface area (Å²) >= 11 is 0. The Kier molecular flexibility index (Phi) is 8.99. The van der Waals surface area contributed by atoms with Crippen LogP contribution in [0.3, 0.4) is 0 Å². The lowest BCUT2D eigenvalue weighted by Crippen LogP contribution is -3.02. The molecule has 0 bridgehead atoms. The van der Waals surface area contributed by atoms with E-state index in [4.69, 9.17) is 4.74 Å². The van der Waals surface area contributed by atoms with Crippen LogP contribution >= 0.6 is 0 Å². The molecule has 1 aliphatic rings. The molecule has 0 saturated carbocycles. The van der Waals surface area contributed by atoms with Crippen LogP contribution < -0.4 is 9.62 Å². The molecule has 1 amide bonds. The smallest absolute Gasteiger partial charge is 0.373 e. The largest absolute Gasteiger partial charge is 0.516 e. The average molecular weight is 363 g/mol. The Morgan fingerprint density at radius 3 is 1.55 bits per heavy atom. The van der Waals surface area contributed by atoms with Crippen LogP contribution in [0.15, 0.2) is 0 Å². The van der Waals surface area contributed by atoms with E-state index in [1.54, 1.807) is 0 Å². The molecule has 1 aliphatic heterocycles. The van der Waals surface area contributed by atoms with Gasteiger partial charge in [0.15, 0.2) is 0 Å². The molecule has 2 N–H and O–H groups in total. The van der Waals surface area contributed by atoms with Crippen LogP contribution in [0.5, 0.6) is 0 Å². The molecule has 0 aliphatic carbocycles. The van der Waals surface area contributed by atoms with Gasteiger partial charge in [0.05, 0.1) is 33.9 Å². The Balaban J connectivity index is 0. The van der Waals surface area contributed by atoms with Crippen LogP contribution in [0.4, 0.5) is 26.3 Å². The first kappa shape index (κ1) is 23.2. The monoisotopic (exact) mass is 363 g/mol. The Labute approximate surface area is 123 Å². The van der Waals surface area contributed by atoms with Gasteiger partial charge in [-0.1, -0.05) is 0 Å². The van der Waals surface area contributed by atoms with E-state index >= 15 is 0 Å². The third-order valence-corrected chi connectivity index (χ3v) is 2.35. The van der Waals surface area contributed by atoms with E-state index in [0.29, 0.717) is 6.10 Å². The number of alkyl halides is 6. The van der Waals surface area contributed by atoms with Gasteiger partial charge in [-0.2, -0.15) is 34.8 Å². The van der Waals surface area contributed by atoms with E-state index in [2.05, 4.69) is 28.1 Å². The Hall–Kier alpha value is -1.08. The van der Waals surface area contributed by atoms with E-state index in [9.17, 15) is 39.6 Å². The summed E-state index contributed by atoms with van der Waals surface area (Å²) in [6.07, 6.45) is -5.11. The molecule has 134 valence electrons. The van der Waals surface area contributed by atoms with E-state index < -0.39 is 27.6 Å². The van der Waals surface area contributed by atoms with Crippen LogP contribution in [0.25, 0.3) is 0 Å². The average Bonchev–Trinajstić information content (AvgIpc) is 2.96. The highest BCUT2D eigenvalue weighted by molar-refractivity contribution is 7.90. The Bertz CT molecular complexity index is 439. The van der Waals surface area contributed by atoms with Crippen molar-refractivity contribution in [1.82, 2.24) is 4.72 Å². The number of epoxide rings is 1. The van der Waals surface area contributed by atoms with Gasteiger partial charge >= 0.3 is 27.6 Å². The fourth-order valence-corrected chi connectivity index (χ4v) is 0.810. The maximum absolute atomic E-state index is 11.4. The van der Waals surface area contributed by atoms with Gasteiger partial charge in [-0.05, 0) is 6.92 Å². The van der Waals surface area contributed by atoms with Crippen molar-refractivity contribution in [2.45, 2.75) is 24.7 Å². The highest BCUT2D eigenvalue weighted by Crippen LogP contribution is 2.23. The van der Waals surface area contributed by atoms with Gasteiger partial charge in [-0.15, -0.1) is 0 Å². The van der Waals surface area contributed by atoms with Crippen LogP contribution in [-0.2, 0) is 19.6 Å². The zero-order valence-corrected chi connectivity index (χ0v) is 12.9. The van der Waals surface area contributed by atoms with Crippen molar-refractivity contribution in [2.24, 2.45) is 0 Å². The van der Waals surface area contributed by atoms with Gasteiger partial charge < -0.3 is 9.64 Å². The Morgan fingerprint density at radius 1 is 1.14 bits per heavy atom. The maximum atomic E-state index is 11.4. The van der Waals surface area contributed by atoms with Gasteiger partial charge in [-0.25, -0.2) is 4.72 Å². The molecule has 0 aromatic heterocycles. The molecular formula is C9H17F6N2O4S+. The third-order valence-electron chi connectivity index (χ3n) is 1.29. The fraction of sp³-hybridized carbons (Fsp3) is 0.889. The van der Waals surface area contributed by atoms with Crippen molar-refractivity contribution >= 4 is 15.9 Å². The summed E-state index contributed by atoms with van der Waals surface area (Å²) in [4.78, 5) is 11.2. The van der Waals surface area contributed by atoms with E-state index in [-0.39, 0.29) is 4.72 Å². The number of hydrogen-bond donors (Lipinski definition) is 2. The van der Waals surface area contributed by atoms with Gasteiger partial charge in [0.25, 0.3) is 0 Å². The number of nitrogens with one attached hydrogen (secondary N) is 2. The zero-order valence-electron chi connectivity index (χ0n) is 12.1. The second-order valence-corrected chi connectivity index (χ2v) is 6.20. The van der Waals surface area contributed by atoms with E-state index in [1.165, 1.54) is 4.90 Å². The second kappa shape index (κ2) is 8.53. The minimum absolute atomic E-state index is 0.181. The van der Waals surface area contributed by atoms with Crippen LogP contribution in [0, 0.1) is 0 Å². The molecule has 0 aromatic rings. The number of carbonyl (C=O) groups excluding carboxylic acids is 1. The molecule has 1 saturated heterocycles. The molecule has 0 radical (unpaired) electrons. The fourth-order valence-electron chi connectivity index (χ4n) is 0.334. The number of quaternary nitrogens is 1. The van der Waals surface area contributed by atoms with Crippen molar-refractivity contribution in [1.29, 1.82) is 0 Å². The number of hydrogen-bond acceptors (Lipinski definition) is 4. The standard InChI is InChI=1S/C3HF6NO3S.C3H9N.C3H6O/c4-2(5,6)1(11)10-14(12,13)3(7,8)9;1-4(2)3;1-3-2-4-3/h(H,10,11);1-3H3;3H,2H2,1H3/p+1. The highest BCUT2D eigenvalue weighted by Gasteiger charge is 2.51. The van der Waals surface area contributed by atoms with Crippen molar-refractivity contribution in [3.63, 3.8) is 0 Å². The van der Waals surface area contributed by atoms with Crippen molar-refractivity contribution in [3.05, 3.63) is 0 Å². The van der Waals surface area contributed by atoms with E-state index in [1.807, 2.05) is 0 Å². The van der Waals surface area contributed by atoms with E-state index in [0.717, 1.165) is 6.61 Å². The second-order valence-electron chi connectivity index (χ2n) is 4.52. The number of amides is 1. The summed E-state index contributed by atoms with van der Waals surface area (Å²) in [6.45, 7) is 3.04. The first-order chi connectivity index (χ1) is 9.50. The molecule has 1 heterocycles. The molecule has 0 aromatic carbocycles. The number of rotatable bonds is 1. The SMILES string of the molecule is CC1CO1.C[NH+](C)C.O=C(NS(=O)(=O)C(F)(F)F)C(F)(F)F. The topological polar surface area (TPSA) is 80.2 Å². The zero-order chi connectivity index (χ0) is 18.4. The lowest BCUT2D eigenvalue weighted by molar-refractivity contribution is -0.836. The number of ether oxygens (including phenoxy) is 1. The number of sulfonamides is 1. The molecule has 13 heteroatoms. The van der Waals surface area contributed by atoms with Gasteiger partial charge in [-0.3, -0.25) is 4.79 Å². The van der Waals surface area contributed by atoms with Crippen LogP contribution in [-0.4, -0.2) is 59.9 Å². The number of halogens is 6. The van der Waals surface area contributed by atoms with Gasteiger partial charge in [0.2, 0.25) is 0 Å². The Morgan fingerprint density at radius 2 is 1.41 bits per heavy atom. The maximum Gasteiger partial charge on any atom is 0.516 e. The first-order valence-electron chi connectivity index (χ1n) is 5.59.